The van der Waals surface area contributed by atoms with Gasteiger partial charge in [-0.1, -0.05) is 12.1 Å². The molecular weight excluding hydrogens is 308 g/mol. The third-order valence-electron chi connectivity index (χ3n) is 3.21. The highest BCUT2D eigenvalue weighted by atomic mass is 16.6. The fraction of sp³-hybridized carbons (Fsp3) is 0.353. The van der Waals surface area contributed by atoms with Crippen LogP contribution in [0.5, 0.6) is 0 Å². The fourth-order valence-electron chi connectivity index (χ4n) is 2.12. The van der Waals surface area contributed by atoms with Gasteiger partial charge >= 0.3 is 6.09 Å². The number of nitrogens with two attached hydrogens (primary N) is 1. The van der Waals surface area contributed by atoms with Crippen molar-refractivity contribution in [3.05, 3.63) is 48.5 Å². The van der Waals surface area contributed by atoms with Gasteiger partial charge in [0.1, 0.15) is 11.6 Å². The van der Waals surface area contributed by atoms with Gasteiger partial charge in [0.05, 0.1) is 6.33 Å². The Hall–Kier alpha value is -2.83. The molecule has 1 heterocycles. The lowest BCUT2D eigenvalue weighted by molar-refractivity contribution is -0.120. The predicted octanol–water partition coefficient (Wildman–Crippen LogP) is 1.79. The van der Waals surface area contributed by atoms with Gasteiger partial charge < -0.3 is 20.4 Å². The predicted molar refractivity (Wildman–Crippen MR) is 89.6 cm³/mol. The number of hydrogen-bond acceptors (Lipinski definition) is 4. The van der Waals surface area contributed by atoms with E-state index in [0.717, 1.165) is 11.3 Å². The second kappa shape index (κ2) is 7.16. The van der Waals surface area contributed by atoms with Crippen LogP contribution in [0.25, 0.3) is 5.69 Å². The third kappa shape index (κ3) is 5.12. The summed E-state index contributed by atoms with van der Waals surface area (Å²) in [5, 5.41) is 2.51. The molecule has 1 atom stereocenters. The summed E-state index contributed by atoms with van der Waals surface area (Å²) in [5.41, 5.74) is 6.57. The lowest BCUT2D eigenvalue weighted by Gasteiger charge is -2.22. The maximum Gasteiger partial charge on any atom is 0.408 e. The van der Waals surface area contributed by atoms with E-state index in [0.29, 0.717) is 6.42 Å². The number of benzene rings is 1. The van der Waals surface area contributed by atoms with Crippen LogP contribution in [0.3, 0.4) is 0 Å². The number of carbonyl (C=O) groups is 2. The van der Waals surface area contributed by atoms with Crippen LogP contribution in [0.15, 0.2) is 43.0 Å². The van der Waals surface area contributed by atoms with Crippen LogP contribution in [0.2, 0.25) is 0 Å². The largest absolute Gasteiger partial charge is 0.444 e. The molecule has 1 unspecified atom stereocenters. The molecule has 24 heavy (non-hydrogen) atoms. The molecule has 0 radical (unpaired) electrons. The molecule has 7 heteroatoms. The molecule has 0 bridgehead atoms. The summed E-state index contributed by atoms with van der Waals surface area (Å²) in [6.07, 6.45) is 4.86. The zero-order valence-electron chi connectivity index (χ0n) is 14.0. The Morgan fingerprint density at radius 3 is 2.46 bits per heavy atom. The van der Waals surface area contributed by atoms with E-state index < -0.39 is 23.6 Å². The van der Waals surface area contributed by atoms with Crippen molar-refractivity contribution in [2.45, 2.75) is 38.8 Å². The number of imidazole rings is 1. The number of nitrogens with zero attached hydrogens (tertiary/aromatic N) is 2. The zero-order chi connectivity index (χ0) is 17.7. The van der Waals surface area contributed by atoms with E-state index in [9.17, 15) is 9.59 Å². The molecule has 1 aromatic carbocycles. The van der Waals surface area contributed by atoms with Crippen LogP contribution in [0.4, 0.5) is 4.79 Å². The Kier molecular flexibility index (Phi) is 5.23. The molecule has 2 amide bonds. The Morgan fingerprint density at radius 1 is 1.29 bits per heavy atom. The lowest BCUT2D eigenvalue weighted by Crippen LogP contribution is -2.47. The van der Waals surface area contributed by atoms with Crippen LogP contribution in [-0.4, -0.2) is 33.2 Å². The van der Waals surface area contributed by atoms with Gasteiger partial charge in [-0.25, -0.2) is 9.78 Å². The molecule has 0 saturated carbocycles. The van der Waals surface area contributed by atoms with Gasteiger partial charge in [-0.15, -0.1) is 0 Å². The Bertz CT molecular complexity index is 688. The SMILES string of the molecule is CC(C)(C)OC(=O)NC(Cc1ccc(-n2ccnc2)cc1)C(N)=O. The molecule has 1 aromatic heterocycles. The second-order valence-electron chi connectivity index (χ2n) is 6.44. The number of rotatable bonds is 5. The number of hydrogen-bond donors (Lipinski definition) is 2. The van der Waals surface area contributed by atoms with E-state index in [1.54, 1.807) is 33.3 Å². The number of ether oxygens (including phenoxy) is 1. The highest BCUT2D eigenvalue weighted by Gasteiger charge is 2.22. The Morgan fingerprint density at radius 2 is 1.96 bits per heavy atom. The topological polar surface area (TPSA) is 99.2 Å². The minimum Gasteiger partial charge on any atom is -0.444 e. The average molecular weight is 330 g/mol. The average Bonchev–Trinajstić information content (AvgIpc) is 2.99. The summed E-state index contributed by atoms with van der Waals surface area (Å²) < 4.78 is 7.03. The highest BCUT2D eigenvalue weighted by Crippen LogP contribution is 2.12. The Labute approximate surface area is 140 Å². The fourth-order valence-corrected chi connectivity index (χ4v) is 2.12. The monoisotopic (exact) mass is 330 g/mol. The smallest absolute Gasteiger partial charge is 0.408 e. The second-order valence-corrected chi connectivity index (χ2v) is 6.44. The van der Waals surface area contributed by atoms with Crippen LogP contribution in [0, 0.1) is 0 Å². The van der Waals surface area contributed by atoms with Gasteiger partial charge in [-0.05, 0) is 38.5 Å². The highest BCUT2D eigenvalue weighted by molar-refractivity contribution is 5.84. The van der Waals surface area contributed by atoms with E-state index in [1.165, 1.54) is 0 Å². The Balaban J connectivity index is 2.02. The number of alkyl carbamates (subject to hydrolysis) is 1. The van der Waals surface area contributed by atoms with Gasteiger partial charge in [0.25, 0.3) is 0 Å². The van der Waals surface area contributed by atoms with E-state index in [4.69, 9.17) is 10.5 Å². The van der Waals surface area contributed by atoms with Crippen molar-refractivity contribution in [1.82, 2.24) is 14.9 Å². The van der Waals surface area contributed by atoms with E-state index in [1.807, 2.05) is 35.0 Å². The molecule has 0 aliphatic heterocycles. The molecule has 128 valence electrons. The van der Waals surface area contributed by atoms with E-state index in [-0.39, 0.29) is 0 Å². The summed E-state index contributed by atoms with van der Waals surface area (Å²) in [5.74, 6) is -0.612. The quantitative estimate of drug-likeness (QED) is 0.873. The van der Waals surface area contributed by atoms with Crippen molar-refractivity contribution in [2.24, 2.45) is 5.73 Å². The molecule has 0 aliphatic carbocycles. The summed E-state index contributed by atoms with van der Waals surface area (Å²) in [6.45, 7) is 5.25. The first-order valence-electron chi connectivity index (χ1n) is 7.61. The van der Waals surface area contributed by atoms with Crippen LogP contribution in [0.1, 0.15) is 26.3 Å². The van der Waals surface area contributed by atoms with Gasteiger partial charge in [-0.3, -0.25) is 4.79 Å². The lowest BCUT2D eigenvalue weighted by atomic mass is 10.1. The van der Waals surface area contributed by atoms with Gasteiger partial charge in [-0.2, -0.15) is 0 Å². The van der Waals surface area contributed by atoms with Crippen molar-refractivity contribution in [2.75, 3.05) is 0 Å². The maximum absolute atomic E-state index is 11.8. The van der Waals surface area contributed by atoms with Crippen molar-refractivity contribution in [3.8, 4) is 5.69 Å². The summed E-state index contributed by atoms with van der Waals surface area (Å²) in [4.78, 5) is 27.4. The molecule has 0 saturated heterocycles. The molecule has 0 fully saturated rings. The van der Waals surface area contributed by atoms with Crippen LogP contribution < -0.4 is 11.1 Å². The van der Waals surface area contributed by atoms with Gasteiger partial charge in [0.15, 0.2) is 0 Å². The van der Waals surface area contributed by atoms with Crippen molar-refractivity contribution < 1.29 is 14.3 Å². The molecule has 7 nitrogen and oxygen atoms in total. The number of aromatic nitrogens is 2. The first kappa shape index (κ1) is 17.5. The molecule has 0 spiro atoms. The third-order valence-corrected chi connectivity index (χ3v) is 3.21. The number of primary amides is 1. The molecule has 0 aliphatic rings. The van der Waals surface area contributed by atoms with Crippen LogP contribution in [-0.2, 0) is 16.0 Å². The first-order valence-corrected chi connectivity index (χ1v) is 7.61. The number of amides is 2. The van der Waals surface area contributed by atoms with E-state index in [2.05, 4.69) is 10.3 Å². The summed E-state index contributed by atoms with van der Waals surface area (Å²) >= 11 is 0. The number of carbonyl (C=O) groups excluding carboxylic acids is 2. The maximum atomic E-state index is 11.8. The normalized spacial score (nSPS) is 12.5. The molecular formula is C17H22N4O3. The van der Waals surface area contributed by atoms with Gasteiger partial charge in [0.2, 0.25) is 5.91 Å². The zero-order valence-corrected chi connectivity index (χ0v) is 14.0. The standard InChI is InChI=1S/C17H22N4O3/c1-17(2,3)24-16(23)20-14(15(18)22)10-12-4-6-13(7-5-12)21-9-8-19-11-21/h4-9,11,14H,10H2,1-3H3,(H2,18,22)(H,20,23). The van der Waals surface area contributed by atoms with Crippen LogP contribution >= 0.6 is 0 Å². The summed E-state index contributed by atoms with van der Waals surface area (Å²) in [6, 6.07) is 6.73. The first-order chi connectivity index (χ1) is 11.2. The minimum absolute atomic E-state index is 0.290. The molecule has 3 N–H and O–H groups in total. The van der Waals surface area contributed by atoms with Crippen molar-refractivity contribution in [1.29, 1.82) is 0 Å². The number of nitrogens with one attached hydrogen (secondary N) is 1. The molecule has 2 aromatic rings. The summed E-state index contributed by atoms with van der Waals surface area (Å²) in [7, 11) is 0. The van der Waals surface area contributed by atoms with Gasteiger partial charge in [0, 0.05) is 24.5 Å². The molecule has 2 rings (SSSR count). The minimum atomic E-state index is -0.834. The van der Waals surface area contributed by atoms with Crippen molar-refractivity contribution >= 4 is 12.0 Å². The van der Waals surface area contributed by atoms with E-state index >= 15 is 0 Å². The van der Waals surface area contributed by atoms with Crippen molar-refractivity contribution in [3.63, 3.8) is 0 Å².